The molecule has 0 spiro atoms. The molecule has 1 rings (SSSR count). The number of hydrogen-bond donors (Lipinski definition) is 0. The molecule has 0 radical (unpaired) electrons. The normalized spacial score (nSPS) is 25.4. The van der Waals surface area contributed by atoms with Gasteiger partial charge in [-0.3, -0.25) is 0 Å². The van der Waals surface area contributed by atoms with Crippen molar-refractivity contribution in [1.82, 2.24) is 0 Å². The van der Waals surface area contributed by atoms with Gasteiger partial charge in [-0.2, -0.15) is 0 Å². The third kappa shape index (κ3) is 4.05. The first-order chi connectivity index (χ1) is 9.90. The monoisotopic (exact) mass is 296 g/mol. The molecule has 0 amide bonds. The van der Waals surface area contributed by atoms with E-state index in [9.17, 15) is 4.79 Å². The van der Waals surface area contributed by atoms with E-state index in [-0.39, 0.29) is 17.7 Å². The number of ether oxygens (including phenoxy) is 2. The van der Waals surface area contributed by atoms with Crippen molar-refractivity contribution in [3.8, 4) is 0 Å². The average molecular weight is 296 g/mol. The number of methoxy groups -OCH3 is 2. The lowest BCUT2D eigenvalue weighted by molar-refractivity contribution is -0.117. The molecule has 0 bridgehead atoms. The average Bonchev–Trinajstić information content (AvgIpc) is 2.44. The molecule has 0 fully saturated rings. The number of nitrogens with zero attached hydrogens (tertiary/aromatic N) is 2. The molecular formula is C16H28N2O3. The topological polar surface area (TPSA) is 60.2 Å². The fraction of sp³-hybridized carbons (Fsp3) is 0.812. The van der Waals surface area contributed by atoms with Gasteiger partial charge in [-0.15, -0.1) is 0 Å². The van der Waals surface area contributed by atoms with Gasteiger partial charge in [0.15, 0.2) is 0 Å². The molecule has 1 aliphatic heterocycles. The summed E-state index contributed by atoms with van der Waals surface area (Å²) in [4.78, 5) is 21.0. The van der Waals surface area contributed by atoms with Gasteiger partial charge in [-0.05, 0) is 25.7 Å². The van der Waals surface area contributed by atoms with Crippen LogP contribution in [-0.2, 0) is 14.3 Å². The van der Waals surface area contributed by atoms with Crippen molar-refractivity contribution in [1.29, 1.82) is 0 Å². The van der Waals surface area contributed by atoms with Crippen LogP contribution in [0.1, 0.15) is 53.4 Å². The third-order valence-corrected chi connectivity index (χ3v) is 3.82. The van der Waals surface area contributed by atoms with E-state index in [0.29, 0.717) is 24.6 Å². The Morgan fingerprint density at radius 3 is 2.38 bits per heavy atom. The largest absolute Gasteiger partial charge is 0.483 e. The maximum atomic E-state index is 11.4. The fourth-order valence-electron chi connectivity index (χ4n) is 2.72. The number of ketones is 1. The van der Waals surface area contributed by atoms with Crippen molar-refractivity contribution in [3.63, 3.8) is 0 Å². The Morgan fingerprint density at radius 1 is 1.29 bits per heavy atom. The molecular weight excluding hydrogens is 268 g/mol. The van der Waals surface area contributed by atoms with Gasteiger partial charge in [0.05, 0.1) is 14.2 Å². The molecule has 1 aliphatic rings. The lowest BCUT2D eigenvalue weighted by Crippen LogP contribution is -2.46. The second-order valence-electron chi connectivity index (χ2n) is 5.96. The molecule has 1 heterocycles. The Labute approximate surface area is 127 Å². The van der Waals surface area contributed by atoms with Gasteiger partial charge >= 0.3 is 0 Å². The maximum absolute atomic E-state index is 11.4. The van der Waals surface area contributed by atoms with Gasteiger partial charge < -0.3 is 14.3 Å². The van der Waals surface area contributed by atoms with Crippen LogP contribution in [0.2, 0.25) is 0 Å². The molecule has 120 valence electrons. The number of carbonyl (C=O) groups excluding carboxylic acids is 1. The van der Waals surface area contributed by atoms with Gasteiger partial charge in [0.2, 0.25) is 11.8 Å². The van der Waals surface area contributed by atoms with Crippen LogP contribution in [0.4, 0.5) is 0 Å². The highest BCUT2D eigenvalue weighted by molar-refractivity contribution is 5.97. The van der Waals surface area contributed by atoms with Gasteiger partial charge in [0, 0.05) is 6.42 Å². The predicted molar refractivity (Wildman–Crippen MR) is 85.1 cm³/mol. The van der Waals surface area contributed by atoms with E-state index >= 15 is 0 Å². The molecule has 0 saturated carbocycles. The third-order valence-electron chi connectivity index (χ3n) is 3.82. The number of carbonyl (C=O) groups is 1. The van der Waals surface area contributed by atoms with E-state index in [4.69, 9.17) is 19.5 Å². The van der Waals surface area contributed by atoms with Crippen molar-refractivity contribution >= 4 is 17.6 Å². The predicted octanol–water partition coefficient (Wildman–Crippen LogP) is 3.02. The summed E-state index contributed by atoms with van der Waals surface area (Å²) >= 11 is 0. The first kappa shape index (κ1) is 17.7. The highest BCUT2D eigenvalue weighted by Crippen LogP contribution is 2.32. The first-order valence-corrected chi connectivity index (χ1v) is 7.65. The molecule has 0 aromatic heterocycles. The van der Waals surface area contributed by atoms with E-state index in [1.54, 1.807) is 21.1 Å². The summed E-state index contributed by atoms with van der Waals surface area (Å²) < 4.78 is 11.0. The lowest BCUT2D eigenvalue weighted by atomic mass is 9.86. The molecule has 0 aromatic rings. The number of Topliss-reactive ketones (excluding diaryl/α,β-unsaturated/α-hetero) is 1. The minimum absolute atomic E-state index is 0.118. The maximum Gasteiger partial charge on any atom is 0.212 e. The Balaban J connectivity index is 3.21. The van der Waals surface area contributed by atoms with Crippen molar-refractivity contribution in [2.24, 2.45) is 15.9 Å². The standard InChI is InChI=1S/C16H28N2O3/c1-7-9-16(10-8-12(4)19)15(21-6)17-13(11(2)3)14(18-16)20-5/h11,13H,7-10H2,1-6H3/t13-,16-/m1/s1. The molecule has 0 N–H and O–H groups in total. The van der Waals surface area contributed by atoms with Crippen LogP contribution < -0.4 is 0 Å². The summed E-state index contributed by atoms with van der Waals surface area (Å²) in [6, 6.07) is -0.118. The van der Waals surface area contributed by atoms with E-state index in [1.807, 2.05) is 0 Å². The van der Waals surface area contributed by atoms with Crippen LogP contribution >= 0.6 is 0 Å². The molecule has 2 atom stereocenters. The highest BCUT2D eigenvalue weighted by atomic mass is 16.5. The summed E-state index contributed by atoms with van der Waals surface area (Å²) in [5, 5.41) is 0. The molecule has 0 unspecified atom stereocenters. The molecule has 0 aliphatic carbocycles. The number of hydrogen-bond acceptors (Lipinski definition) is 5. The smallest absolute Gasteiger partial charge is 0.212 e. The number of rotatable bonds is 6. The fourth-order valence-corrected chi connectivity index (χ4v) is 2.72. The zero-order valence-corrected chi connectivity index (χ0v) is 14.1. The van der Waals surface area contributed by atoms with Crippen LogP contribution in [0.3, 0.4) is 0 Å². The Bertz CT molecular complexity index is 429. The van der Waals surface area contributed by atoms with Gasteiger partial charge in [-0.1, -0.05) is 27.2 Å². The van der Waals surface area contributed by atoms with Crippen molar-refractivity contribution in [2.45, 2.75) is 65.0 Å². The van der Waals surface area contributed by atoms with Crippen LogP contribution in [0.25, 0.3) is 0 Å². The lowest BCUT2D eigenvalue weighted by Gasteiger charge is -2.36. The summed E-state index contributed by atoms with van der Waals surface area (Å²) in [7, 11) is 3.25. The zero-order chi connectivity index (χ0) is 16.0. The van der Waals surface area contributed by atoms with Crippen LogP contribution in [0.15, 0.2) is 9.98 Å². The van der Waals surface area contributed by atoms with Crippen LogP contribution in [-0.4, -0.2) is 43.4 Å². The van der Waals surface area contributed by atoms with E-state index in [0.717, 1.165) is 12.8 Å². The minimum atomic E-state index is -0.564. The Hall–Kier alpha value is -1.39. The second kappa shape index (κ2) is 7.57. The van der Waals surface area contributed by atoms with Gasteiger partial charge in [0.1, 0.15) is 17.4 Å². The van der Waals surface area contributed by atoms with E-state index in [2.05, 4.69) is 20.8 Å². The second-order valence-corrected chi connectivity index (χ2v) is 5.96. The Kier molecular flexibility index (Phi) is 6.37. The minimum Gasteiger partial charge on any atom is -0.483 e. The van der Waals surface area contributed by atoms with E-state index in [1.165, 1.54) is 0 Å². The summed E-state index contributed by atoms with van der Waals surface area (Å²) in [5.41, 5.74) is -0.564. The van der Waals surface area contributed by atoms with Crippen LogP contribution in [0, 0.1) is 5.92 Å². The zero-order valence-electron chi connectivity index (χ0n) is 14.1. The van der Waals surface area contributed by atoms with Gasteiger partial charge in [0.25, 0.3) is 0 Å². The number of aliphatic imine (C=N–C) groups is 2. The molecule has 0 saturated heterocycles. The molecule has 21 heavy (non-hydrogen) atoms. The van der Waals surface area contributed by atoms with Crippen molar-refractivity contribution in [2.75, 3.05) is 14.2 Å². The summed E-state index contributed by atoms with van der Waals surface area (Å²) in [5.74, 6) is 1.70. The quantitative estimate of drug-likeness (QED) is 0.757. The summed E-state index contributed by atoms with van der Waals surface area (Å²) in [6.45, 7) is 7.86. The van der Waals surface area contributed by atoms with Crippen molar-refractivity contribution in [3.05, 3.63) is 0 Å². The first-order valence-electron chi connectivity index (χ1n) is 7.65. The highest BCUT2D eigenvalue weighted by Gasteiger charge is 2.42. The molecule has 0 aromatic carbocycles. The van der Waals surface area contributed by atoms with Crippen molar-refractivity contribution < 1.29 is 14.3 Å². The van der Waals surface area contributed by atoms with Crippen LogP contribution in [0.5, 0.6) is 0 Å². The SMILES string of the molecule is CCC[C@]1(CCC(C)=O)N=C(OC)[C@@H](C(C)C)N=C1OC. The van der Waals surface area contributed by atoms with E-state index < -0.39 is 5.54 Å². The Morgan fingerprint density at radius 2 is 1.95 bits per heavy atom. The molecule has 5 heteroatoms. The van der Waals surface area contributed by atoms with Gasteiger partial charge in [-0.25, -0.2) is 9.98 Å². The molecule has 5 nitrogen and oxygen atoms in total. The summed E-state index contributed by atoms with van der Waals surface area (Å²) in [6.07, 6.45) is 2.81.